The van der Waals surface area contributed by atoms with E-state index in [1.165, 1.54) is 36.6 Å². The summed E-state index contributed by atoms with van der Waals surface area (Å²) in [7, 11) is 0. The Morgan fingerprint density at radius 1 is 1.18 bits per heavy atom. The van der Waals surface area contributed by atoms with Gasteiger partial charge in [0.1, 0.15) is 5.69 Å². The maximum absolute atomic E-state index is 12.3. The zero-order valence-corrected chi connectivity index (χ0v) is 16.1. The van der Waals surface area contributed by atoms with Gasteiger partial charge in [0, 0.05) is 24.7 Å². The number of nitro groups is 1. The third-order valence-corrected chi connectivity index (χ3v) is 5.25. The summed E-state index contributed by atoms with van der Waals surface area (Å²) < 4.78 is 0. The summed E-state index contributed by atoms with van der Waals surface area (Å²) in [5.74, 6) is 0.458. The van der Waals surface area contributed by atoms with Gasteiger partial charge in [-0.25, -0.2) is 0 Å². The normalized spacial score (nSPS) is 15.3. The van der Waals surface area contributed by atoms with E-state index in [9.17, 15) is 14.9 Å². The lowest BCUT2D eigenvalue weighted by Gasteiger charge is -2.30. The highest BCUT2D eigenvalue weighted by atomic mass is 16.6. The number of nitrogens with one attached hydrogen (secondary N) is 1. The number of hydrogen-bond donors (Lipinski definition) is 2. The van der Waals surface area contributed by atoms with Crippen LogP contribution >= 0.6 is 0 Å². The average molecular weight is 382 g/mol. The number of hydrogen-bond acceptors (Lipinski definition) is 5. The van der Waals surface area contributed by atoms with Gasteiger partial charge in [0.2, 0.25) is 0 Å². The second-order valence-corrected chi connectivity index (χ2v) is 7.49. The largest absolute Gasteiger partial charge is 0.393 e. The average Bonchev–Trinajstić information content (AvgIpc) is 2.69. The first-order valence-electron chi connectivity index (χ1n) is 9.54. The molecular weight excluding hydrogens is 356 g/mol. The molecule has 1 aliphatic heterocycles. The Hall–Kier alpha value is -2.93. The standard InChI is InChI=1S/C21H26N4O3/c1-15-8-10-24(11-9-15)14-17-4-2-16(3-5-17)13-23-21(26)18-6-7-19(22)20(12-18)25(27)28/h2-7,12,15H,8-11,13-14,22H2,1H3,(H,23,26). The molecule has 28 heavy (non-hydrogen) atoms. The monoisotopic (exact) mass is 382 g/mol. The lowest BCUT2D eigenvalue weighted by Crippen LogP contribution is -2.32. The molecule has 7 nitrogen and oxygen atoms in total. The van der Waals surface area contributed by atoms with E-state index in [4.69, 9.17) is 5.73 Å². The summed E-state index contributed by atoms with van der Waals surface area (Å²) in [6.45, 7) is 5.91. The second-order valence-electron chi connectivity index (χ2n) is 7.49. The molecule has 0 bridgehead atoms. The van der Waals surface area contributed by atoms with Crippen LogP contribution in [0.3, 0.4) is 0 Å². The molecule has 3 N–H and O–H groups in total. The van der Waals surface area contributed by atoms with Crippen LogP contribution in [0.2, 0.25) is 0 Å². The molecule has 2 aromatic carbocycles. The highest BCUT2D eigenvalue weighted by Gasteiger charge is 2.16. The number of nitrogens with zero attached hydrogens (tertiary/aromatic N) is 2. The lowest BCUT2D eigenvalue weighted by molar-refractivity contribution is -0.383. The van der Waals surface area contributed by atoms with Gasteiger partial charge in [0.05, 0.1) is 4.92 Å². The predicted molar refractivity (Wildman–Crippen MR) is 109 cm³/mol. The van der Waals surface area contributed by atoms with Crippen LogP contribution < -0.4 is 11.1 Å². The molecule has 0 aromatic heterocycles. The zero-order chi connectivity index (χ0) is 20.1. The molecule has 148 valence electrons. The molecule has 1 aliphatic rings. The quantitative estimate of drug-likeness (QED) is 0.453. The first kappa shape index (κ1) is 19.8. The molecule has 3 rings (SSSR count). The van der Waals surface area contributed by atoms with Gasteiger partial charge < -0.3 is 11.1 Å². The first-order chi connectivity index (χ1) is 13.4. The Bertz CT molecular complexity index is 843. The molecule has 0 saturated carbocycles. The van der Waals surface area contributed by atoms with Crippen molar-refractivity contribution in [3.05, 3.63) is 69.3 Å². The minimum absolute atomic E-state index is 0.0419. The summed E-state index contributed by atoms with van der Waals surface area (Å²) in [6, 6.07) is 12.3. The Kier molecular flexibility index (Phi) is 6.26. The number of anilines is 1. The highest BCUT2D eigenvalue weighted by Crippen LogP contribution is 2.22. The van der Waals surface area contributed by atoms with Crippen molar-refractivity contribution < 1.29 is 9.72 Å². The number of amides is 1. The number of benzene rings is 2. The van der Waals surface area contributed by atoms with Crippen molar-refractivity contribution in [2.75, 3.05) is 18.8 Å². The molecular formula is C21H26N4O3. The summed E-state index contributed by atoms with van der Waals surface area (Å²) in [5.41, 5.74) is 7.81. The minimum atomic E-state index is -0.589. The number of carbonyl (C=O) groups is 1. The van der Waals surface area contributed by atoms with Crippen LogP contribution in [-0.4, -0.2) is 28.8 Å². The molecule has 1 saturated heterocycles. The molecule has 1 amide bonds. The van der Waals surface area contributed by atoms with Crippen LogP contribution in [0.25, 0.3) is 0 Å². The molecule has 0 radical (unpaired) electrons. The zero-order valence-electron chi connectivity index (χ0n) is 16.1. The van der Waals surface area contributed by atoms with Gasteiger partial charge in [0.25, 0.3) is 11.6 Å². The van der Waals surface area contributed by atoms with E-state index < -0.39 is 4.92 Å². The van der Waals surface area contributed by atoms with Crippen LogP contribution in [0.15, 0.2) is 42.5 Å². The predicted octanol–water partition coefficient (Wildman–Crippen LogP) is 3.34. The van der Waals surface area contributed by atoms with Crippen LogP contribution in [-0.2, 0) is 13.1 Å². The SMILES string of the molecule is CC1CCN(Cc2ccc(CNC(=O)c3ccc(N)c([N+](=O)[O-])c3)cc2)CC1. The van der Waals surface area contributed by atoms with E-state index in [1.807, 2.05) is 12.1 Å². The smallest absolute Gasteiger partial charge is 0.292 e. The van der Waals surface area contributed by atoms with Crippen molar-refractivity contribution in [1.82, 2.24) is 10.2 Å². The minimum Gasteiger partial charge on any atom is -0.393 e. The van der Waals surface area contributed by atoms with E-state index in [-0.39, 0.29) is 22.8 Å². The number of nitrogen functional groups attached to an aromatic ring is 1. The van der Waals surface area contributed by atoms with Gasteiger partial charge in [0.15, 0.2) is 0 Å². The van der Waals surface area contributed by atoms with Gasteiger partial charge >= 0.3 is 0 Å². The number of nitrogens with two attached hydrogens (primary N) is 1. The van der Waals surface area contributed by atoms with Crippen LogP contribution in [0.1, 0.15) is 41.3 Å². The Balaban J connectivity index is 1.54. The van der Waals surface area contributed by atoms with E-state index in [0.29, 0.717) is 6.54 Å². The van der Waals surface area contributed by atoms with Crippen molar-refractivity contribution in [1.29, 1.82) is 0 Å². The second kappa shape index (κ2) is 8.84. The molecule has 0 unspecified atom stereocenters. The maximum Gasteiger partial charge on any atom is 0.292 e. The fraction of sp³-hybridized carbons (Fsp3) is 0.381. The summed E-state index contributed by atoms with van der Waals surface area (Å²) in [4.78, 5) is 25.1. The van der Waals surface area contributed by atoms with Crippen LogP contribution in [0.5, 0.6) is 0 Å². The van der Waals surface area contributed by atoms with Crippen LogP contribution in [0.4, 0.5) is 11.4 Å². The van der Waals surface area contributed by atoms with E-state index in [2.05, 4.69) is 29.3 Å². The molecule has 7 heteroatoms. The number of nitro benzene ring substituents is 1. The molecule has 0 atom stereocenters. The Morgan fingerprint density at radius 3 is 2.46 bits per heavy atom. The van der Waals surface area contributed by atoms with Crippen molar-refractivity contribution in [2.24, 2.45) is 5.92 Å². The van der Waals surface area contributed by atoms with Gasteiger partial charge in [-0.05, 0) is 55.1 Å². The highest BCUT2D eigenvalue weighted by molar-refractivity contribution is 5.95. The molecule has 2 aromatic rings. The number of carbonyl (C=O) groups excluding carboxylic acids is 1. The van der Waals surface area contributed by atoms with Gasteiger partial charge in [-0.3, -0.25) is 19.8 Å². The first-order valence-corrected chi connectivity index (χ1v) is 9.54. The summed E-state index contributed by atoms with van der Waals surface area (Å²) in [6.07, 6.45) is 2.51. The van der Waals surface area contributed by atoms with E-state index >= 15 is 0 Å². The van der Waals surface area contributed by atoms with Crippen molar-refractivity contribution in [3.8, 4) is 0 Å². The fourth-order valence-electron chi connectivity index (χ4n) is 3.37. The summed E-state index contributed by atoms with van der Waals surface area (Å²) in [5, 5.41) is 13.8. The molecule has 0 spiro atoms. The molecule has 0 aliphatic carbocycles. The Morgan fingerprint density at radius 2 is 1.82 bits per heavy atom. The number of likely N-dealkylation sites (tertiary alicyclic amines) is 1. The fourth-order valence-corrected chi connectivity index (χ4v) is 3.37. The van der Waals surface area contributed by atoms with Crippen molar-refractivity contribution >= 4 is 17.3 Å². The maximum atomic E-state index is 12.3. The third-order valence-electron chi connectivity index (χ3n) is 5.25. The lowest BCUT2D eigenvalue weighted by atomic mass is 9.99. The van der Waals surface area contributed by atoms with Gasteiger partial charge in [-0.2, -0.15) is 0 Å². The summed E-state index contributed by atoms with van der Waals surface area (Å²) >= 11 is 0. The van der Waals surface area contributed by atoms with Crippen LogP contribution in [0, 0.1) is 16.0 Å². The van der Waals surface area contributed by atoms with Crippen molar-refractivity contribution in [2.45, 2.75) is 32.9 Å². The third kappa shape index (κ3) is 5.07. The number of piperidine rings is 1. The topological polar surface area (TPSA) is 102 Å². The molecule has 1 heterocycles. The van der Waals surface area contributed by atoms with E-state index in [0.717, 1.165) is 31.1 Å². The van der Waals surface area contributed by atoms with Crippen molar-refractivity contribution in [3.63, 3.8) is 0 Å². The van der Waals surface area contributed by atoms with Gasteiger partial charge in [-0.1, -0.05) is 31.2 Å². The van der Waals surface area contributed by atoms with E-state index in [1.54, 1.807) is 0 Å². The van der Waals surface area contributed by atoms with Gasteiger partial charge in [-0.15, -0.1) is 0 Å². The number of rotatable bonds is 6. The Labute approximate surface area is 164 Å². The molecule has 1 fully saturated rings.